The quantitative estimate of drug-likeness (QED) is 0.826. The first-order chi connectivity index (χ1) is 9.09. The Morgan fingerprint density at radius 2 is 1.74 bits per heavy atom. The molecule has 1 nitrogen and oxygen atoms in total. The fourth-order valence-electron chi connectivity index (χ4n) is 1.90. The highest BCUT2D eigenvalue weighted by Crippen LogP contribution is 2.30. The molecule has 4 heteroatoms. The van der Waals surface area contributed by atoms with Crippen molar-refractivity contribution < 1.29 is 13.9 Å². The summed E-state index contributed by atoms with van der Waals surface area (Å²) < 4.78 is 26.4. The van der Waals surface area contributed by atoms with Crippen LogP contribution in [0.1, 0.15) is 23.7 Å². The Kier molecular flexibility index (Phi) is 4.66. The molecular weight excluding hydrogens is 314 g/mol. The van der Waals surface area contributed by atoms with E-state index < -0.39 is 17.7 Å². The highest BCUT2D eigenvalue weighted by molar-refractivity contribution is 9.10. The van der Waals surface area contributed by atoms with Gasteiger partial charge < -0.3 is 5.11 Å². The first-order valence-electron chi connectivity index (χ1n) is 5.95. The zero-order valence-electron chi connectivity index (χ0n) is 10.1. The zero-order chi connectivity index (χ0) is 13.8. The summed E-state index contributed by atoms with van der Waals surface area (Å²) in [6, 6.07) is 12.1. The van der Waals surface area contributed by atoms with E-state index in [0.717, 1.165) is 11.6 Å². The van der Waals surface area contributed by atoms with E-state index in [0.29, 0.717) is 18.4 Å². The molecule has 0 amide bonds. The molecule has 0 heterocycles. The Morgan fingerprint density at radius 3 is 2.42 bits per heavy atom. The first kappa shape index (κ1) is 14.2. The second-order valence-corrected chi connectivity index (χ2v) is 5.10. The molecule has 0 aliphatic carbocycles. The third-order valence-corrected chi connectivity index (χ3v) is 3.78. The fraction of sp³-hybridized carbons (Fsp3) is 0.200. The van der Waals surface area contributed by atoms with Crippen LogP contribution in [0, 0.1) is 11.6 Å². The van der Waals surface area contributed by atoms with E-state index in [1.165, 1.54) is 6.07 Å². The minimum atomic E-state index is -0.962. The van der Waals surface area contributed by atoms with Crippen LogP contribution in [0.5, 0.6) is 0 Å². The van der Waals surface area contributed by atoms with Crippen LogP contribution in [-0.2, 0) is 6.42 Å². The van der Waals surface area contributed by atoms with Gasteiger partial charge in [0.2, 0.25) is 0 Å². The maximum atomic E-state index is 13.4. The molecule has 1 N–H and O–H groups in total. The van der Waals surface area contributed by atoms with Crippen LogP contribution < -0.4 is 0 Å². The molecule has 1 atom stereocenters. The number of aliphatic hydroxyl groups is 1. The number of halogens is 3. The van der Waals surface area contributed by atoms with Crippen LogP contribution >= 0.6 is 15.9 Å². The van der Waals surface area contributed by atoms with Gasteiger partial charge in [0.1, 0.15) is 0 Å². The minimum Gasteiger partial charge on any atom is -0.388 e. The highest BCUT2D eigenvalue weighted by Gasteiger charge is 2.17. The van der Waals surface area contributed by atoms with Gasteiger partial charge in [-0.2, -0.15) is 0 Å². The molecule has 0 spiro atoms. The van der Waals surface area contributed by atoms with Gasteiger partial charge in [0.25, 0.3) is 0 Å². The van der Waals surface area contributed by atoms with E-state index in [9.17, 15) is 13.9 Å². The van der Waals surface area contributed by atoms with Crippen molar-refractivity contribution in [2.45, 2.75) is 18.9 Å². The average Bonchev–Trinajstić information content (AvgIpc) is 2.43. The van der Waals surface area contributed by atoms with Gasteiger partial charge in [-0.05, 0) is 46.0 Å². The van der Waals surface area contributed by atoms with Crippen molar-refractivity contribution in [2.24, 2.45) is 0 Å². The van der Waals surface area contributed by atoms with Crippen LogP contribution in [0.4, 0.5) is 8.78 Å². The molecule has 0 fully saturated rings. The van der Waals surface area contributed by atoms with E-state index in [2.05, 4.69) is 15.9 Å². The Balaban J connectivity index is 2.08. The summed E-state index contributed by atoms with van der Waals surface area (Å²) in [6.45, 7) is 0. The SMILES string of the molecule is OC(CCc1ccccc1)c1ccc(F)c(F)c1Br. The van der Waals surface area contributed by atoms with E-state index in [1.54, 1.807) is 0 Å². The van der Waals surface area contributed by atoms with E-state index in [1.807, 2.05) is 30.3 Å². The van der Waals surface area contributed by atoms with E-state index in [-0.39, 0.29) is 4.47 Å². The summed E-state index contributed by atoms with van der Waals surface area (Å²) in [5.41, 5.74) is 1.47. The zero-order valence-corrected chi connectivity index (χ0v) is 11.7. The second kappa shape index (κ2) is 6.26. The summed E-state index contributed by atoms with van der Waals surface area (Å²) in [5, 5.41) is 10.1. The molecule has 19 heavy (non-hydrogen) atoms. The van der Waals surface area contributed by atoms with Crippen molar-refractivity contribution in [3.8, 4) is 0 Å². The summed E-state index contributed by atoms with van der Waals surface area (Å²) in [5.74, 6) is -1.89. The number of hydrogen-bond donors (Lipinski definition) is 1. The topological polar surface area (TPSA) is 20.2 Å². The fourth-order valence-corrected chi connectivity index (χ4v) is 2.49. The molecule has 0 aromatic heterocycles. The largest absolute Gasteiger partial charge is 0.388 e. The van der Waals surface area contributed by atoms with Crippen LogP contribution in [-0.4, -0.2) is 5.11 Å². The standard InChI is InChI=1S/C15H13BrF2O/c16-14-11(7-8-12(17)15(14)18)13(19)9-6-10-4-2-1-3-5-10/h1-5,7-8,13,19H,6,9H2. The van der Waals surface area contributed by atoms with Crippen LogP contribution in [0.15, 0.2) is 46.9 Å². The normalized spacial score (nSPS) is 12.4. The molecule has 2 aromatic rings. The van der Waals surface area contributed by atoms with Crippen LogP contribution in [0.25, 0.3) is 0 Å². The van der Waals surface area contributed by atoms with Crippen LogP contribution in [0.3, 0.4) is 0 Å². The molecule has 100 valence electrons. The lowest BCUT2D eigenvalue weighted by Gasteiger charge is -2.13. The van der Waals surface area contributed by atoms with Gasteiger partial charge in [-0.15, -0.1) is 0 Å². The Hall–Kier alpha value is -1.26. The molecule has 0 aliphatic rings. The highest BCUT2D eigenvalue weighted by atomic mass is 79.9. The lowest BCUT2D eigenvalue weighted by atomic mass is 10.0. The maximum Gasteiger partial charge on any atom is 0.173 e. The van der Waals surface area contributed by atoms with Crippen LogP contribution in [0.2, 0.25) is 0 Å². The predicted octanol–water partition coefficient (Wildman–Crippen LogP) is 4.39. The van der Waals surface area contributed by atoms with Gasteiger partial charge in [0.05, 0.1) is 10.6 Å². The molecule has 0 bridgehead atoms. The Morgan fingerprint density at radius 1 is 1.05 bits per heavy atom. The van der Waals surface area contributed by atoms with Crippen molar-refractivity contribution in [3.63, 3.8) is 0 Å². The molecule has 0 saturated carbocycles. The van der Waals surface area contributed by atoms with Gasteiger partial charge in [-0.25, -0.2) is 8.78 Å². The van der Waals surface area contributed by atoms with Crippen molar-refractivity contribution in [3.05, 3.63) is 69.7 Å². The Bertz CT molecular complexity index is 558. The second-order valence-electron chi connectivity index (χ2n) is 4.30. The van der Waals surface area contributed by atoms with Gasteiger partial charge in [-0.3, -0.25) is 0 Å². The van der Waals surface area contributed by atoms with E-state index >= 15 is 0 Å². The summed E-state index contributed by atoms with van der Waals surface area (Å²) >= 11 is 2.98. The lowest BCUT2D eigenvalue weighted by Crippen LogP contribution is -2.03. The molecule has 2 rings (SSSR count). The summed E-state index contributed by atoms with van der Waals surface area (Å²) in [4.78, 5) is 0. The van der Waals surface area contributed by atoms with Gasteiger partial charge in [0, 0.05) is 0 Å². The third-order valence-electron chi connectivity index (χ3n) is 2.97. The predicted molar refractivity (Wildman–Crippen MR) is 73.8 cm³/mol. The molecule has 1 unspecified atom stereocenters. The molecule has 2 aromatic carbocycles. The number of aryl methyl sites for hydroxylation is 1. The molecule has 0 saturated heterocycles. The molecule has 0 aliphatic heterocycles. The Labute approximate surface area is 119 Å². The average molecular weight is 327 g/mol. The van der Waals surface area contributed by atoms with Crippen molar-refractivity contribution in [1.82, 2.24) is 0 Å². The first-order valence-corrected chi connectivity index (χ1v) is 6.74. The number of hydrogen-bond acceptors (Lipinski definition) is 1. The van der Waals surface area contributed by atoms with E-state index in [4.69, 9.17) is 0 Å². The van der Waals surface area contributed by atoms with Gasteiger partial charge >= 0.3 is 0 Å². The maximum absolute atomic E-state index is 13.4. The molecular formula is C15H13BrF2O. The van der Waals surface area contributed by atoms with Crippen molar-refractivity contribution in [2.75, 3.05) is 0 Å². The van der Waals surface area contributed by atoms with Crippen molar-refractivity contribution in [1.29, 1.82) is 0 Å². The monoisotopic (exact) mass is 326 g/mol. The lowest BCUT2D eigenvalue weighted by molar-refractivity contribution is 0.166. The van der Waals surface area contributed by atoms with Crippen molar-refractivity contribution >= 4 is 15.9 Å². The smallest absolute Gasteiger partial charge is 0.173 e. The summed E-state index contributed by atoms with van der Waals surface area (Å²) in [6.07, 6.45) is 0.297. The number of aliphatic hydroxyl groups excluding tert-OH is 1. The van der Waals surface area contributed by atoms with Gasteiger partial charge in [0.15, 0.2) is 11.6 Å². The van der Waals surface area contributed by atoms with Gasteiger partial charge in [-0.1, -0.05) is 36.4 Å². The molecule has 0 radical (unpaired) electrons. The minimum absolute atomic E-state index is 0.00642. The number of benzene rings is 2. The summed E-state index contributed by atoms with van der Waals surface area (Å²) in [7, 11) is 0. The third kappa shape index (κ3) is 3.39. The number of rotatable bonds is 4.